The van der Waals surface area contributed by atoms with Crippen LogP contribution >= 0.6 is 0 Å². The number of nitrogens with one attached hydrogen (secondary N) is 3. The van der Waals surface area contributed by atoms with E-state index in [1.165, 1.54) is 6.07 Å². The van der Waals surface area contributed by atoms with Gasteiger partial charge in [-0.3, -0.25) is 4.79 Å². The Balaban J connectivity index is 1.52. The lowest BCUT2D eigenvalue weighted by atomic mass is 10.0. The maximum absolute atomic E-state index is 14.7. The smallest absolute Gasteiger partial charge is 0.319 e. The minimum atomic E-state index is -0.553. The van der Waals surface area contributed by atoms with E-state index in [4.69, 9.17) is 4.74 Å². The number of hydrogen-bond acceptors (Lipinski definition) is 6. The monoisotopic (exact) mass is 506 g/mol. The van der Waals surface area contributed by atoms with Gasteiger partial charge in [-0.05, 0) is 81.5 Å². The van der Waals surface area contributed by atoms with Crippen LogP contribution in [0.4, 0.5) is 20.7 Å². The van der Waals surface area contributed by atoms with Crippen LogP contribution in [0, 0.1) is 18.7 Å². The molecule has 0 saturated heterocycles. The van der Waals surface area contributed by atoms with Gasteiger partial charge in [-0.1, -0.05) is 0 Å². The molecular weight excluding hydrogens is 475 g/mol. The van der Waals surface area contributed by atoms with Crippen LogP contribution in [0.25, 0.3) is 22.4 Å². The maximum atomic E-state index is 14.7. The second kappa shape index (κ2) is 11.0. The molecule has 0 spiro atoms. The lowest BCUT2D eigenvalue weighted by Crippen LogP contribution is -2.34. The molecule has 3 N–H and O–H groups in total. The average molecular weight is 507 g/mol. The van der Waals surface area contributed by atoms with Crippen LogP contribution in [-0.4, -0.2) is 46.4 Å². The molecule has 37 heavy (non-hydrogen) atoms. The first-order chi connectivity index (χ1) is 17.6. The highest BCUT2D eigenvalue weighted by Gasteiger charge is 2.29. The topological polar surface area (TPSA) is 118 Å². The number of methoxy groups -OCH3 is 1. The van der Waals surface area contributed by atoms with Gasteiger partial charge < -0.3 is 20.7 Å². The summed E-state index contributed by atoms with van der Waals surface area (Å²) in [5.41, 5.74) is 3.00. The third kappa shape index (κ3) is 6.85. The number of benzene rings is 1. The number of ether oxygens (including phenoxy) is 1. The number of carbonyl (C=O) groups is 2. The molecule has 9 nitrogen and oxygen atoms in total. The molecule has 0 unspecified atom stereocenters. The number of urea groups is 1. The molecule has 4 rings (SSSR count). The van der Waals surface area contributed by atoms with E-state index in [1.54, 1.807) is 38.6 Å². The Labute approximate surface area is 215 Å². The zero-order chi connectivity index (χ0) is 26.6. The number of rotatable bonds is 9. The van der Waals surface area contributed by atoms with E-state index in [1.807, 2.05) is 26.0 Å². The Bertz CT molecular complexity index is 1310. The van der Waals surface area contributed by atoms with Gasteiger partial charge in [-0.15, -0.1) is 0 Å². The number of hydrogen-bond donors (Lipinski definition) is 3. The Morgan fingerprint density at radius 3 is 2.65 bits per heavy atom. The second-order valence-electron chi connectivity index (χ2n) is 9.76. The summed E-state index contributed by atoms with van der Waals surface area (Å²) in [6.45, 7) is 5.98. The zero-order valence-electron chi connectivity index (χ0n) is 21.4. The third-order valence-electron chi connectivity index (χ3n) is 6.35. The van der Waals surface area contributed by atoms with Crippen molar-refractivity contribution in [2.75, 3.05) is 24.3 Å². The van der Waals surface area contributed by atoms with E-state index in [2.05, 4.69) is 31.1 Å². The molecule has 3 aromatic rings. The van der Waals surface area contributed by atoms with Gasteiger partial charge in [0.25, 0.3) is 0 Å². The van der Waals surface area contributed by atoms with Crippen molar-refractivity contribution in [3.05, 3.63) is 54.1 Å². The third-order valence-corrected chi connectivity index (χ3v) is 6.35. The van der Waals surface area contributed by atoms with Crippen LogP contribution in [0.3, 0.4) is 0 Å². The van der Waals surface area contributed by atoms with E-state index < -0.39 is 11.8 Å². The van der Waals surface area contributed by atoms with Gasteiger partial charge >= 0.3 is 6.03 Å². The van der Waals surface area contributed by atoms with Gasteiger partial charge in [-0.2, -0.15) is 10.2 Å². The first-order valence-electron chi connectivity index (χ1n) is 12.2. The van der Waals surface area contributed by atoms with Crippen LogP contribution in [-0.2, 0) is 9.53 Å². The Morgan fingerprint density at radius 1 is 1.14 bits per heavy atom. The lowest BCUT2D eigenvalue weighted by Gasteiger charge is -2.22. The van der Waals surface area contributed by atoms with Crippen molar-refractivity contribution < 1.29 is 18.7 Å². The number of halogens is 1. The van der Waals surface area contributed by atoms with E-state index >= 15 is 0 Å². The molecule has 3 amide bonds. The standard InChI is InChI=1S/C27H31FN6O3/c1-16-11-21(28)23(32-26(36)30-10-8-27(2,3)37-4)14-20(16)22-12-19(15-31-34-22)18-7-9-29-24(13-18)33-25(35)17-5-6-17/h7,9,11-15,17H,5-6,8,10H2,1-4H3,(H,29,33,35)(H2,30,32,36). The van der Waals surface area contributed by atoms with E-state index in [9.17, 15) is 14.0 Å². The van der Waals surface area contributed by atoms with Gasteiger partial charge in [0.2, 0.25) is 5.91 Å². The van der Waals surface area contributed by atoms with Crippen molar-refractivity contribution in [2.45, 2.75) is 45.6 Å². The molecule has 1 saturated carbocycles. The Morgan fingerprint density at radius 2 is 1.92 bits per heavy atom. The minimum absolute atomic E-state index is 0.0217. The summed E-state index contributed by atoms with van der Waals surface area (Å²) in [5.74, 6) is -0.0326. The van der Waals surface area contributed by atoms with Crippen LogP contribution in [0.1, 0.15) is 38.7 Å². The molecule has 194 valence electrons. The summed E-state index contributed by atoms with van der Waals surface area (Å²) >= 11 is 0. The van der Waals surface area contributed by atoms with Crippen LogP contribution in [0.15, 0.2) is 42.7 Å². The predicted octanol–water partition coefficient (Wildman–Crippen LogP) is 4.94. The van der Waals surface area contributed by atoms with E-state index in [0.717, 1.165) is 24.0 Å². The molecule has 1 fully saturated rings. The molecule has 0 radical (unpaired) electrons. The van der Waals surface area contributed by atoms with E-state index in [-0.39, 0.29) is 23.1 Å². The van der Waals surface area contributed by atoms with Crippen molar-refractivity contribution in [3.8, 4) is 22.4 Å². The number of pyridine rings is 1. The molecule has 2 heterocycles. The van der Waals surface area contributed by atoms with Gasteiger partial charge in [-0.25, -0.2) is 14.2 Å². The average Bonchev–Trinajstić information content (AvgIpc) is 3.72. The van der Waals surface area contributed by atoms with Gasteiger partial charge in [0.1, 0.15) is 11.6 Å². The molecule has 1 aromatic carbocycles. The number of carbonyl (C=O) groups excluding carboxylic acids is 2. The molecule has 1 aliphatic rings. The quantitative estimate of drug-likeness (QED) is 0.378. The van der Waals surface area contributed by atoms with Crippen molar-refractivity contribution >= 4 is 23.4 Å². The van der Waals surface area contributed by atoms with Gasteiger partial charge in [0.15, 0.2) is 0 Å². The predicted molar refractivity (Wildman–Crippen MR) is 139 cm³/mol. The zero-order valence-corrected chi connectivity index (χ0v) is 21.4. The Kier molecular flexibility index (Phi) is 7.77. The largest absolute Gasteiger partial charge is 0.379 e. The van der Waals surface area contributed by atoms with Crippen LogP contribution in [0.5, 0.6) is 0 Å². The first-order valence-corrected chi connectivity index (χ1v) is 12.2. The van der Waals surface area contributed by atoms with Crippen LogP contribution < -0.4 is 16.0 Å². The lowest BCUT2D eigenvalue weighted by molar-refractivity contribution is -0.117. The Hall–Kier alpha value is -3.92. The minimum Gasteiger partial charge on any atom is -0.379 e. The summed E-state index contributed by atoms with van der Waals surface area (Å²) in [6.07, 6.45) is 5.64. The first kappa shape index (κ1) is 26.2. The fourth-order valence-corrected chi connectivity index (χ4v) is 3.70. The number of anilines is 2. The molecule has 1 aliphatic carbocycles. The molecule has 10 heteroatoms. The number of amides is 3. The fraction of sp³-hybridized carbons (Fsp3) is 0.370. The number of aryl methyl sites for hydroxylation is 1. The van der Waals surface area contributed by atoms with Crippen LogP contribution in [0.2, 0.25) is 0 Å². The summed E-state index contributed by atoms with van der Waals surface area (Å²) in [7, 11) is 1.61. The summed E-state index contributed by atoms with van der Waals surface area (Å²) in [4.78, 5) is 28.7. The SMILES string of the molecule is COC(C)(C)CCNC(=O)Nc1cc(-c2cc(-c3ccnc(NC(=O)C4CC4)c3)cnn2)c(C)cc1F. The van der Waals surface area contributed by atoms with Gasteiger partial charge in [0, 0.05) is 36.9 Å². The molecule has 0 bridgehead atoms. The van der Waals surface area contributed by atoms with E-state index in [0.29, 0.717) is 35.6 Å². The van der Waals surface area contributed by atoms with Crippen molar-refractivity contribution in [1.29, 1.82) is 0 Å². The summed E-state index contributed by atoms with van der Waals surface area (Å²) < 4.78 is 20.0. The second-order valence-corrected chi connectivity index (χ2v) is 9.76. The molecular formula is C27H31FN6O3. The normalized spacial score (nSPS) is 13.2. The van der Waals surface area contributed by atoms with Crippen molar-refractivity contribution in [3.63, 3.8) is 0 Å². The summed E-state index contributed by atoms with van der Waals surface area (Å²) in [6, 6.07) is 7.80. The highest BCUT2D eigenvalue weighted by molar-refractivity contribution is 5.94. The molecule has 0 aliphatic heterocycles. The highest BCUT2D eigenvalue weighted by atomic mass is 19.1. The maximum Gasteiger partial charge on any atom is 0.319 e. The number of nitrogens with zero attached hydrogens (tertiary/aromatic N) is 3. The molecule has 2 aromatic heterocycles. The van der Waals surface area contributed by atoms with Crippen molar-refractivity contribution in [2.24, 2.45) is 5.92 Å². The fourth-order valence-electron chi connectivity index (χ4n) is 3.70. The van der Waals surface area contributed by atoms with Crippen molar-refractivity contribution in [1.82, 2.24) is 20.5 Å². The molecule has 0 atom stereocenters. The number of aromatic nitrogens is 3. The highest BCUT2D eigenvalue weighted by Crippen LogP contribution is 2.32. The summed E-state index contributed by atoms with van der Waals surface area (Å²) in [5, 5.41) is 16.5. The van der Waals surface area contributed by atoms with Gasteiger partial charge in [0.05, 0.1) is 23.2 Å².